The van der Waals surface area contributed by atoms with Gasteiger partial charge in [0.05, 0.1) is 18.0 Å². The third kappa shape index (κ3) is 3.28. The largest absolute Gasteiger partial charge is 0.369 e. The molecular formula is C18H25N5O2S. The standard InChI is InChI=1S/C18H25N5O2S/c1-2-8-23-12-21-22-15(23)11-20-17(24)14-10-13-3-9-25-18(16(13)26-14)4-6-19-7-5-18/h10,12,19H,2-9,11H2,1H3,(H,20,24). The van der Waals surface area contributed by atoms with Crippen LogP contribution in [0, 0.1) is 0 Å². The minimum Gasteiger partial charge on any atom is -0.369 e. The molecule has 2 N–H and O–H groups in total. The van der Waals surface area contributed by atoms with Crippen LogP contribution in [0.15, 0.2) is 12.4 Å². The van der Waals surface area contributed by atoms with Gasteiger partial charge in [-0.25, -0.2) is 0 Å². The van der Waals surface area contributed by atoms with Gasteiger partial charge in [-0.15, -0.1) is 21.5 Å². The maximum Gasteiger partial charge on any atom is 0.261 e. The van der Waals surface area contributed by atoms with Crippen molar-refractivity contribution in [1.82, 2.24) is 25.4 Å². The summed E-state index contributed by atoms with van der Waals surface area (Å²) >= 11 is 1.59. The van der Waals surface area contributed by atoms with E-state index in [4.69, 9.17) is 4.74 Å². The third-order valence-corrected chi connectivity index (χ3v) is 6.54. The normalized spacial score (nSPS) is 18.7. The first-order valence-corrected chi connectivity index (χ1v) is 10.2. The summed E-state index contributed by atoms with van der Waals surface area (Å²) < 4.78 is 8.19. The Balaban J connectivity index is 1.48. The first-order chi connectivity index (χ1) is 12.7. The molecule has 0 aromatic carbocycles. The number of carbonyl (C=O) groups is 1. The van der Waals surface area contributed by atoms with Gasteiger partial charge in [-0.05, 0) is 50.4 Å². The number of piperidine rings is 1. The first kappa shape index (κ1) is 17.6. The molecule has 2 aromatic heterocycles. The van der Waals surface area contributed by atoms with Gasteiger partial charge in [0.1, 0.15) is 11.9 Å². The number of fused-ring (bicyclic) bond motifs is 2. The molecule has 140 valence electrons. The fraction of sp³-hybridized carbons (Fsp3) is 0.611. The summed E-state index contributed by atoms with van der Waals surface area (Å²) in [4.78, 5) is 14.7. The summed E-state index contributed by atoms with van der Waals surface area (Å²) in [5.41, 5.74) is 1.09. The van der Waals surface area contributed by atoms with Crippen molar-refractivity contribution in [2.24, 2.45) is 0 Å². The maximum atomic E-state index is 12.7. The van der Waals surface area contributed by atoms with Crippen LogP contribution in [0.1, 0.15) is 52.1 Å². The van der Waals surface area contributed by atoms with Crippen molar-refractivity contribution >= 4 is 17.2 Å². The Hall–Kier alpha value is -1.77. The van der Waals surface area contributed by atoms with Crippen molar-refractivity contribution in [1.29, 1.82) is 0 Å². The van der Waals surface area contributed by atoms with E-state index < -0.39 is 0 Å². The lowest BCUT2D eigenvalue weighted by atomic mass is 9.86. The molecule has 2 aliphatic heterocycles. The van der Waals surface area contributed by atoms with Crippen LogP contribution in [0.2, 0.25) is 0 Å². The third-order valence-electron chi connectivity index (χ3n) is 5.17. The summed E-state index contributed by atoms with van der Waals surface area (Å²) in [7, 11) is 0. The van der Waals surface area contributed by atoms with Crippen molar-refractivity contribution in [3.63, 3.8) is 0 Å². The molecular weight excluding hydrogens is 350 g/mol. The second-order valence-electron chi connectivity index (χ2n) is 6.93. The van der Waals surface area contributed by atoms with E-state index in [0.717, 1.165) is 62.6 Å². The second-order valence-corrected chi connectivity index (χ2v) is 7.98. The zero-order valence-corrected chi connectivity index (χ0v) is 15.9. The number of thiophene rings is 1. The number of rotatable bonds is 5. The molecule has 1 amide bonds. The average Bonchev–Trinajstić information content (AvgIpc) is 3.29. The van der Waals surface area contributed by atoms with Crippen LogP contribution in [0.4, 0.5) is 0 Å². The highest BCUT2D eigenvalue weighted by atomic mass is 32.1. The topological polar surface area (TPSA) is 81.1 Å². The lowest BCUT2D eigenvalue weighted by Gasteiger charge is -2.40. The highest BCUT2D eigenvalue weighted by molar-refractivity contribution is 7.14. The molecule has 0 unspecified atom stereocenters. The Morgan fingerprint density at radius 1 is 1.46 bits per heavy atom. The Labute approximate surface area is 157 Å². The molecule has 4 rings (SSSR count). The zero-order chi connectivity index (χ0) is 18.0. The minimum absolute atomic E-state index is 0.0421. The van der Waals surface area contributed by atoms with Crippen LogP contribution in [0.5, 0.6) is 0 Å². The molecule has 2 aromatic rings. The van der Waals surface area contributed by atoms with Gasteiger partial charge in [0.2, 0.25) is 0 Å². The zero-order valence-electron chi connectivity index (χ0n) is 15.1. The lowest BCUT2D eigenvalue weighted by Crippen LogP contribution is -2.43. The van der Waals surface area contributed by atoms with Crippen LogP contribution in [0.25, 0.3) is 0 Å². The number of nitrogens with one attached hydrogen (secondary N) is 2. The van der Waals surface area contributed by atoms with Crippen LogP contribution in [-0.2, 0) is 29.8 Å². The van der Waals surface area contributed by atoms with Gasteiger partial charge in [-0.3, -0.25) is 4.79 Å². The summed E-state index contributed by atoms with van der Waals surface area (Å²) in [5, 5.41) is 14.4. The highest BCUT2D eigenvalue weighted by Gasteiger charge is 2.41. The molecule has 26 heavy (non-hydrogen) atoms. The van der Waals surface area contributed by atoms with Gasteiger partial charge in [0.15, 0.2) is 5.82 Å². The predicted octanol–water partition coefficient (Wildman–Crippen LogP) is 1.83. The molecule has 0 aliphatic carbocycles. The Bertz CT molecular complexity index is 778. The van der Waals surface area contributed by atoms with Crippen LogP contribution in [-0.4, -0.2) is 40.4 Å². The molecule has 1 spiro atoms. The number of ether oxygens (including phenoxy) is 1. The Morgan fingerprint density at radius 3 is 3.12 bits per heavy atom. The number of nitrogens with zero attached hydrogens (tertiary/aromatic N) is 3. The van der Waals surface area contributed by atoms with Gasteiger partial charge < -0.3 is 19.9 Å². The Morgan fingerprint density at radius 2 is 2.31 bits per heavy atom. The van der Waals surface area contributed by atoms with Gasteiger partial charge in [0.25, 0.3) is 5.91 Å². The summed E-state index contributed by atoms with van der Waals surface area (Å²) in [6.07, 6.45) is 5.56. The second kappa shape index (κ2) is 7.46. The van der Waals surface area contributed by atoms with Crippen LogP contribution >= 0.6 is 11.3 Å². The number of carbonyl (C=O) groups excluding carboxylic acids is 1. The monoisotopic (exact) mass is 375 g/mol. The van der Waals surface area contributed by atoms with Gasteiger partial charge >= 0.3 is 0 Å². The van der Waals surface area contributed by atoms with Gasteiger partial charge in [0, 0.05) is 11.4 Å². The smallest absolute Gasteiger partial charge is 0.261 e. The molecule has 7 nitrogen and oxygen atoms in total. The van der Waals surface area contributed by atoms with E-state index in [2.05, 4.69) is 33.8 Å². The van der Waals surface area contributed by atoms with E-state index in [1.54, 1.807) is 17.7 Å². The van der Waals surface area contributed by atoms with E-state index >= 15 is 0 Å². The van der Waals surface area contributed by atoms with Crippen LogP contribution < -0.4 is 10.6 Å². The Kier molecular flexibility index (Phi) is 5.06. The number of amides is 1. The predicted molar refractivity (Wildman–Crippen MR) is 99.2 cm³/mol. The maximum absolute atomic E-state index is 12.7. The van der Waals surface area contributed by atoms with E-state index in [9.17, 15) is 4.79 Å². The van der Waals surface area contributed by atoms with E-state index in [1.165, 1.54) is 10.4 Å². The first-order valence-electron chi connectivity index (χ1n) is 9.34. The molecule has 0 bridgehead atoms. The van der Waals surface area contributed by atoms with E-state index in [1.807, 2.05) is 4.57 Å². The van der Waals surface area contributed by atoms with Crippen molar-refractivity contribution in [3.8, 4) is 0 Å². The lowest BCUT2D eigenvalue weighted by molar-refractivity contribution is -0.0771. The minimum atomic E-state index is -0.191. The van der Waals surface area contributed by atoms with E-state index in [-0.39, 0.29) is 11.5 Å². The molecule has 0 saturated carbocycles. The SMILES string of the molecule is CCCn1cnnc1CNC(=O)c1cc2c(s1)C1(CCNCC1)OCC2. The molecule has 4 heterocycles. The fourth-order valence-electron chi connectivity index (χ4n) is 3.83. The number of aromatic nitrogens is 3. The number of hydrogen-bond acceptors (Lipinski definition) is 6. The summed E-state index contributed by atoms with van der Waals surface area (Å²) in [6, 6.07) is 2.05. The van der Waals surface area contributed by atoms with E-state index in [0.29, 0.717) is 6.54 Å². The van der Waals surface area contributed by atoms with Crippen molar-refractivity contribution < 1.29 is 9.53 Å². The van der Waals surface area contributed by atoms with Gasteiger partial charge in [-0.1, -0.05) is 6.92 Å². The van der Waals surface area contributed by atoms with Crippen molar-refractivity contribution in [2.45, 2.75) is 51.3 Å². The average molecular weight is 375 g/mol. The number of aryl methyl sites for hydroxylation is 1. The highest BCUT2D eigenvalue weighted by Crippen LogP contribution is 2.44. The fourth-order valence-corrected chi connectivity index (χ4v) is 5.15. The number of hydrogen-bond donors (Lipinski definition) is 2. The van der Waals surface area contributed by atoms with Crippen LogP contribution in [0.3, 0.4) is 0 Å². The molecule has 0 atom stereocenters. The summed E-state index contributed by atoms with van der Waals surface area (Å²) in [5.74, 6) is 0.749. The summed E-state index contributed by atoms with van der Waals surface area (Å²) in [6.45, 7) is 6.03. The molecule has 1 fully saturated rings. The van der Waals surface area contributed by atoms with Gasteiger partial charge in [-0.2, -0.15) is 0 Å². The quantitative estimate of drug-likeness (QED) is 0.833. The van der Waals surface area contributed by atoms with Crippen molar-refractivity contribution in [3.05, 3.63) is 33.5 Å². The van der Waals surface area contributed by atoms with Crippen molar-refractivity contribution in [2.75, 3.05) is 19.7 Å². The molecule has 8 heteroatoms. The molecule has 1 saturated heterocycles. The molecule has 2 aliphatic rings. The molecule has 0 radical (unpaired) electrons.